The van der Waals surface area contributed by atoms with Gasteiger partial charge >= 0.3 is 0 Å². The molecule has 0 amide bonds. The van der Waals surface area contributed by atoms with Crippen molar-refractivity contribution in [2.75, 3.05) is 12.4 Å². The van der Waals surface area contributed by atoms with E-state index in [1.54, 1.807) is 6.07 Å². The summed E-state index contributed by atoms with van der Waals surface area (Å²) in [6.45, 7) is 4.39. The van der Waals surface area contributed by atoms with Crippen molar-refractivity contribution in [2.24, 2.45) is 0 Å². The lowest BCUT2D eigenvalue weighted by Gasteiger charge is -2.20. The summed E-state index contributed by atoms with van der Waals surface area (Å²) < 4.78 is 23.9. The molecule has 1 rings (SSSR count). The summed E-state index contributed by atoms with van der Waals surface area (Å²) in [5, 5.41) is 0. The minimum absolute atomic E-state index is 0.186. The van der Waals surface area contributed by atoms with E-state index in [9.17, 15) is 4.39 Å². The molecule has 7 heteroatoms. The summed E-state index contributed by atoms with van der Waals surface area (Å²) in [5.41, 5.74) is -2.46. The van der Waals surface area contributed by atoms with E-state index in [2.05, 4.69) is 11.9 Å². The van der Waals surface area contributed by atoms with Crippen LogP contribution in [0.5, 0.6) is 5.88 Å². The number of rotatable bonds is 7. The SMILES string of the molecule is CCCSP(=S)(OCC)Oc1cccc(F)n1. The number of halogens is 1. The first-order valence-electron chi connectivity index (χ1n) is 5.31. The molecule has 0 bridgehead atoms. The van der Waals surface area contributed by atoms with Crippen molar-refractivity contribution in [2.45, 2.75) is 20.3 Å². The van der Waals surface area contributed by atoms with E-state index in [0.717, 1.165) is 12.2 Å². The first-order valence-corrected chi connectivity index (χ1v) is 9.54. The Balaban J connectivity index is 2.75. The summed E-state index contributed by atoms with van der Waals surface area (Å²) in [5.74, 6) is 0.457. The van der Waals surface area contributed by atoms with Crippen molar-refractivity contribution in [1.82, 2.24) is 4.98 Å². The fraction of sp³-hybridized carbons (Fsp3) is 0.500. The van der Waals surface area contributed by atoms with E-state index >= 15 is 0 Å². The van der Waals surface area contributed by atoms with Gasteiger partial charge in [-0.1, -0.05) is 24.4 Å². The van der Waals surface area contributed by atoms with Crippen molar-refractivity contribution in [3.05, 3.63) is 24.1 Å². The van der Waals surface area contributed by atoms with Crippen LogP contribution in [0, 0.1) is 5.95 Å². The number of hydrogen-bond acceptors (Lipinski definition) is 5. The van der Waals surface area contributed by atoms with Gasteiger partial charge in [0.2, 0.25) is 11.8 Å². The molecule has 1 aromatic rings. The molecule has 0 radical (unpaired) electrons. The molecule has 1 heterocycles. The van der Waals surface area contributed by atoms with Crippen molar-refractivity contribution in [3.8, 4) is 5.88 Å². The lowest BCUT2D eigenvalue weighted by Crippen LogP contribution is -1.98. The highest BCUT2D eigenvalue weighted by Gasteiger charge is 2.21. The largest absolute Gasteiger partial charge is 0.418 e. The van der Waals surface area contributed by atoms with Crippen LogP contribution in [0.4, 0.5) is 4.39 Å². The summed E-state index contributed by atoms with van der Waals surface area (Å²) in [6.07, 6.45) is 0.982. The van der Waals surface area contributed by atoms with Gasteiger partial charge in [0.05, 0.1) is 6.61 Å². The second kappa shape index (κ2) is 7.31. The molecule has 0 saturated carbocycles. The van der Waals surface area contributed by atoms with Gasteiger partial charge in [-0.2, -0.15) is 9.37 Å². The second-order valence-corrected chi connectivity index (χ2v) is 9.44. The Kier molecular flexibility index (Phi) is 6.41. The van der Waals surface area contributed by atoms with Crippen LogP contribution < -0.4 is 4.52 Å². The van der Waals surface area contributed by atoms with Gasteiger partial charge in [-0.3, -0.25) is 0 Å². The van der Waals surface area contributed by atoms with Crippen LogP contribution in [-0.2, 0) is 16.3 Å². The normalized spacial score (nSPS) is 14.3. The fourth-order valence-electron chi connectivity index (χ4n) is 1.01. The molecule has 0 aromatic carbocycles. The topological polar surface area (TPSA) is 31.4 Å². The molecular formula is C10H15FNO2PS2. The molecule has 3 nitrogen and oxygen atoms in total. The first-order chi connectivity index (χ1) is 8.09. The molecule has 0 fully saturated rings. The van der Waals surface area contributed by atoms with Crippen LogP contribution in [0.25, 0.3) is 0 Å². The molecule has 0 aliphatic carbocycles. The van der Waals surface area contributed by atoms with E-state index in [-0.39, 0.29) is 5.88 Å². The maximum absolute atomic E-state index is 12.9. The van der Waals surface area contributed by atoms with Crippen molar-refractivity contribution in [3.63, 3.8) is 0 Å². The Hall–Kier alpha value is -0.160. The van der Waals surface area contributed by atoms with Crippen LogP contribution in [0.1, 0.15) is 20.3 Å². The highest BCUT2D eigenvalue weighted by Crippen LogP contribution is 2.60. The van der Waals surface area contributed by atoms with Gasteiger partial charge in [-0.05, 0) is 31.2 Å². The summed E-state index contributed by atoms with van der Waals surface area (Å²) in [7, 11) is 0. The summed E-state index contributed by atoms with van der Waals surface area (Å²) in [4.78, 5) is 3.63. The fourth-order valence-corrected chi connectivity index (χ4v) is 5.60. The van der Waals surface area contributed by atoms with E-state index in [1.165, 1.54) is 23.5 Å². The van der Waals surface area contributed by atoms with Crippen molar-refractivity contribution in [1.29, 1.82) is 0 Å². The molecule has 0 saturated heterocycles. The zero-order valence-electron chi connectivity index (χ0n) is 9.76. The van der Waals surface area contributed by atoms with Gasteiger partial charge in [0.25, 0.3) is 5.69 Å². The van der Waals surface area contributed by atoms with Crippen LogP contribution in [0.2, 0.25) is 0 Å². The molecule has 0 aliphatic rings. The van der Waals surface area contributed by atoms with Crippen LogP contribution in [0.3, 0.4) is 0 Å². The third-order valence-corrected chi connectivity index (χ3v) is 7.05. The molecular weight excluding hydrogens is 280 g/mol. The molecule has 1 atom stereocenters. The highest BCUT2D eigenvalue weighted by atomic mass is 32.9. The molecule has 1 aromatic heterocycles. The van der Waals surface area contributed by atoms with Gasteiger partial charge in [0.15, 0.2) is 0 Å². The molecule has 0 spiro atoms. The second-order valence-electron chi connectivity index (χ2n) is 3.09. The zero-order chi connectivity index (χ0) is 12.7. The maximum Gasteiger partial charge on any atom is 0.298 e. The third kappa shape index (κ3) is 5.34. The number of pyridine rings is 1. The monoisotopic (exact) mass is 295 g/mol. The molecule has 17 heavy (non-hydrogen) atoms. The van der Waals surface area contributed by atoms with Gasteiger partial charge < -0.3 is 9.05 Å². The average Bonchev–Trinajstić information content (AvgIpc) is 2.27. The van der Waals surface area contributed by atoms with Gasteiger partial charge in [0, 0.05) is 11.8 Å². The number of aromatic nitrogens is 1. The van der Waals surface area contributed by atoms with Crippen LogP contribution in [0.15, 0.2) is 18.2 Å². The minimum atomic E-state index is -2.46. The smallest absolute Gasteiger partial charge is 0.298 e. The maximum atomic E-state index is 12.9. The van der Waals surface area contributed by atoms with Crippen molar-refractivity contribution < 1.29 is 13.4 Å². The quantitative estimate of drug-likeness (QED) is 0.560. The van der Waals surface area contributed by atoms with E-state index in [0.29, 0.717) is 6.61 Å². The standard InChI is InChI=1S/C10H15FNO2PS2/c1-3-8-17-15(16,13-4-2)14-10-7-5-6-9(11)12-10/h5-7H,3-4,8H2,1-2H3. The molecule has 0 aliphatic heterocycles. The number of nitrogens with zero attached hydrogens (tertiary/aromatic N) is 1. The minimum Gasteiger partial charge on any atom is -0.418 e. The Morgan fingerprint density at radius 3 is 2.82 bits per heavy atom. The van der Waals surface area contributed by atoms with Crippen LogP contribution >= 0.6 is 17.1 Å². The van der Waals surface area contributed by atoms with E-state index in [4.69, 9.17) is 20.9 Å². The molecule has 0 N–H and O–H groups in total. The lowest BCUT2D eigenvalue weighted by molar-refractivity contribution is 0.340. The third-order valence-electron chi connectivity index (χ3n) is 1.64. The average molecular weight is 295 g/mol. The highest BCUT2D eigenvalue weighted by molar-refractivity contribution is 8.68. The van der Waals surface area contributed by atoms with Gasteiger partial charge in [-0.15, -0.1) is 0 Å². The Bertz CT molecular complexity index is 406. The van der Waals surface area contributed by atoms with Gasteiger partial charge in [-0.25, -0.2) is 0 Å². The van der Waals surface area contributed by atoms with E-state index in [1.807, 2.05) is 6.92 Å². The predicted octanol–water partition coefficient (Wildman–Crippen LogP) is 4.00. The van der Waals surface area contributed by atoms with Crippen molar-refractivity contribution >= 4 is 28.9 Å². The molecule has 96 valence electrons. The number of hydrogen-bond donors (Lipinski definition) is 0. The Labute approximate surface area is 110 Å². The van der Waals surface area contributed by atoms with Gasteiger partial charge in [0.1, 0.15) is 0 Å². The Morgan fingerprint density at radius 1 is 1.47 bits per heavy atom. The lowest BCUT2D eigenvalue weighted by atomic mass is 10.5. The van der Waals surface area contributed by atoms with E-state index < -0.39 is 11.6 Å². The predicted molar refractivity (Wildman–Crippen MR) is 73.5 cm³/mol. The Morgan fingerprint density at radius 2 is 2.24 bits per heavy atom. The van der Waals surface area contributed by atoms with Crippen LogP contribution in [-0.4, -0.2) is 17.3 Å². The zero-order valence-corrected chi connectivity index (χ0v) is 12.3. The first kappa shape index (κ1) is 14.9. The summed E-state index contributed by atoms with van der Waals surface area (Å²) >= 11 is 6.83. The molecule has 1 unspecified atom stereocenters. The summed E-state index contributed by atoms with van der Waals surface area (Å²) in [6, 6.07) is 4.37.